The minimum atomic E-state index is -2.32. The maximum atomic E-state index is 13.1. The monoisotopic (exact) mass is 640 g/mol. The predicted octanol–water partition coefficient (Wildman–Crippen LogP) is 7.81. The molecule has 2 aromatic carbocycles. The van der Waals surface area contributed by atoms with Gasteiger partial charge in [0.1, 0.15) is 24.9 Å². The van der Waals surface area contributed by atoms with Gasteiger partial charge in [0.05, 0.1) is 18.8 Å². The van der Waals surface area contributed by atoms with Gasteiger partial charge in [-0.25, -0.2) is 9.59 Å². The Balaban J connectivity index is 1.86. The molecule has 0 aliphatic carbocycles. The zero-order valence-corrected chi connectivity index (χ0v) is 29.3. The molecule has 0 saturated carbocycles. The lowest BCUT2D eigenvalue weighted by Crippen LogP contribution is -2.53. The molecule has 8 nitrogen and oxygen atoms in total. The minimum Gasteiger partial charge on any atom is -0.479 e. The van der Waals surface area contributed by atoms with E-state index < -0.39 is 50.8 Å². The molecular weight excluding hydrogens is 588 g/mol. The standard InChI is InChI=1S/C36H52O8Si/c1-23(2)45(24(3)4,25(5)6)41-21-32-31(43-33(37)22-40-27(8)29-16-12-10-13-17-29)20-26(7)34(44-32)35(36(38)39)42-28(9)30-18-14-11-15-19-30/h10-20,23-25,27-28,31-32,34-35H,21-22H2,1-9H3,(H,38,39)/t27-,28-,31-,32+,34+,35-/m0/s1. The average Bonchev–Trinajstić information content (AvgIpc) is 3.00. The molecular formula is C36H52O8Si. The highest BCUT2D eigenvalue weighted by molar-refractivity contribution is 6.77. The Bertz CT molecular complexity index is 1220. The Labute approximate surface area is 270 Å². The van der Waals surface area contributed by atoms with Gasteiger partial charge in [-0.05, 0) is 60.2 Å². The van der Waals surface area contributed by atoms with E-state index >= 15 is 0 Å². The van der Waals surface area contributed by atoms with E-state index in [9.17, 15) is 14.7 Å². The van der Waals surface area contributed by atoms with Gasteiger partial charge in [0.15, 0.2) is 14.4 Å². The molecule has 2 aromatic rings. The third kappa shape index (κ3) is 9.36. The summed E-state index contributed by atoms with van der Waals surface area (Å²) in [7, 11) is -2.32. The van der Waals surface area contributed by atoms with Gasteiger partial charge in [0.25, 0.3) is 0 Å². The summed E-state index contributed by atoms with van der Waals surface area (Å²) in [4.78, 5) is 25.6. The summed E-state index contributed by atoms with van der Waals surface area (Å²) < 4.78 is 31.2. The van der Waals surface area contributed by atoms with Crippen molar-refractivity contribution in [2.24, 2.45) is 0 Å². The number of carbonyl (C=O) groups is 2. The van der Waals surface area contributed by atoms with Crippen LogP contribution in [0.15, 0.2) is 72.3 Å². The zero-order chi connectivity index (χ0) is 33.3. The second-order valence-corrected chi connectivity index (χ2v) is 18.4. The lowest BCUT2D eigenvalue weighted by atomic mass is 9.97. The number of aliphatic carboxylic acids is 1. The second-order valence-electron chi connectivity index (χ2n) is 12.9. The highest BCUT2D eigenvalue weighted by atomic mass is 28.4. The van der Waals surface area contributed by atoms with Gasteiger partial charge in [-0.1, -0.05) is 102 Å². The molecule has 0 spiro atoms. The molecule has 1 heterocycles. The number of ether oxygens (including phenoxy) is 4. The van der Waals surface area contributed by atoms with Crippen molar-refractivity contribution in [3.8, 4) is 0 Å². The summed E-state index contributed by atoms with van der Waals surface area (Å²) in [6.45, 7) is 18.6. The molecule has 248 valence electrons. The van der Waals surface area contributed by atoms with Gasteiger partial charge in [0, 0.05) is 0 Å². The molecule has 0 bridgehead atoms. The van der Waals surface area contributed by atoms with Gasteiger partial charge in [0.2, 0.25) is 0 Å². The van der Waals surface area contributed by atoms with Crippen LogP contribution >= 0.6 is 0 Å². The fourth-order valence-corrected chi connectivity index (χ4v) is 12.0. The maximum absolute atomic E-state index is 13.1. The smallest absolute Gasteiger partial charge is 0.335 e. The van der Waals surface area contributed by atoms with Crippen LogP contribution in [-0.2, 0) is 33.0 Å². The van der Waals surface area contributed by atoms with Crippen LogP contribution in [0, 0.1) is 0 Å². The quantitative estimate of drug-likeness (QED) is 0.113. The van der Waals surface area contributed by atoms with Crippen LogP contribution in [-0.4, -0.2) is 63.0 Å². The van der Waals surface area contributed by atoms with E-state index in [2.05, 4.69) is 41.5 Å². The number of carboxylic acids is 1. The van der Waals surface area contributed by atoms with Gasteiger partial charge in [-0.3, -0.25) is 0 Å². The molecule has 6 atom stereocenters. The Hall–Kier alpha value is -2.82. The molecule has 1 aliphatic heterocycles. The first-order valence-corrected chi connectivity index (χ1v) is 18.2. The Kier molecular flexibility index (Phi) is 13.6. The molecule has 0 unspecified atom stereocenters. The Morgan fingerprint density at radius 2 is 1.33 bits per heavy atom. The largest absolute Gasteiger partial charge is 0.479 e. The number of esters is 1. The van der Waals surface area contributed by atoms with Crippen molar-refractivity contribution in [1.82, 2.24) is 0 Å². The van der Waals surface area contributed by atoms with E-state index in [1.807, 2.05) is 74.5 Å². The fraction of sp³-hybridized carbons (Fsp3) is 0.556. The second kappa shape index (κ2) is 16.7. The number of benzene rings is 2. The summed E-state index contributed by atoms with van der Waals surface area (Å²) >= 11 is 0. The molecule has 3 rings (SSSR count). The molecule has 0 saturated heterocycles. The number of carboxylic acid groups (broad SMARTS) is 1. The molecule has 0 amide bonds. The number of hydrogen-bond acceptors (Lipinski definition) is 7. The number of hydrogen-bond donors (Lipinski definition) is 1. The maximum Gasteiger partial charge on any atom is 0.335 e. The van der Waals surface area contributed by atoms with Crippen LogP contribution in [0.3, 0.4) is 0 Å². The van der Waals surface area contributed by atoms with E-state index in [0.29, 0.717) is 22.2 Å². The lowest BCUT2D eigenvalue weighted by Gasteiger charge is -2.44. The predicted molar refractivity (Wildman–Crippen MR) is 177 cm³/mol. The highest BCUT2D eigenvalue weighted by Crippen LogP contribution is 2.43. The third-order valence-corrected chi connectivity index (χ3v) is 15.0. The SMILES string of the molecule is CC1=C[C@H](OC(=O)CO[C@@H](C)c2ccccc2)[C@@H](CO[Si](C(C)C)(C(C)C)C(C)C)O[C@H]1[C@H](O[C@@H](C)c1ccccc1)C(=O)O. The van der Waals surface area contributed by atoms with E-state index in [1.54, 1.807) is 13.0 Å². The van der Waals surface area contributed by atoms with Gasteiger partial charge >= 0.3 is 11.9 Å². The summed E-state index contributed by atoms with van der Waals surface area (Å²) in [6.07, 6.45) is -2.72. The van der Waals surface area contributed by atoms with E-state index in [1.165, 1.54) is 0 Å². The van der Waals surface area contributed by atoms with Crippen molar-refractivity contribution in [1.29, 1.82) is 0 Å². The molecule has 0 fully saturated rings. The zero-order valence-electron chi connectivity index (χ0n) is 28.3. The number of rotatable bonds is 16. The molecule has 45 heavy (non-hydrogen) atoms. The number of carbonyl (C=O) groups excluding carboxylic acids is 1. The topological polar surface area (TPSA) is 101 Å². The van der Waals surface area contributed by atoms with Gasteiger partial charge in [-0.2, -0.15) is 0 Å². The van der Waals surface area contributed by atoms with Crippen LogP contribution in [0.4, 0.5) is 0 Å². The van der Waals surface area contributed by atoms with Crippen molar-refractivity contribution in [3.05, 3.63) is 83.4 Å². The van der Waals surface area contributed by atoms with Crippen LogP contribution in [0.25, 0.3) is 0 Å². The van der Waals surface area contributed by atoms with Crippen molar-refractivity contribution in [2.45, 2.75) is 116 Å². The van der Waals surface area contributed by atoms with Crippen LogP contribution in [0.1, 0.15) is 85.6 Å². The molecule has 0 aromatic heterocycles. The Morgan fingerprint density at radius 3 is 1.82 bits per heavy atom. The first-order chi connectivity index (χ1) is 21.3. The molecule has 0 radical (unpaired) electrons. The van der Waals surface area contributed by atoms with Crippen LogP contribution < -0.4 is 0 Å². The average molecular weight is 641 g/mol. The summed E-state index contributed by atoms with van der Waals surface area (Å²) in [5, 5.41) is 10.3. The van der Waals surface area contributed by atoms with Crippen molar-refractivity contribution in [3.63, 3.8) is 0 Å². The first kappa shape index (κ1) is 36.6. The van der Waals surface area contributed by atoms with Crippen LogP contribution in [0.2, 0.25) is 16.6 Å². The van der Waals surface area contributed by atoms with Gasteiger partial charge < -0.3 is 28.5 Å². The van der Waals surface area contributed by atoms with Gasteiger partial charge in [-0.15, -0.1) is 0 Å². The summed E-state index contributed by atoms with van der Waals surface area (Å²) in [6, 6.07) is 19.1. The molecule has 1 aliphatic rings. The first-order valence-electron chi connectivity index (χ1n) is 16.0. The molecule has 1 N–H and O–H groups in total. The fourth-order valence-electron chi connectivity index (χ4n) is 6.60. The van der Waals surface area contributed by atoms with Crippen molar-refractivity contribution in [2.75, 3.05) is 13.2 Å². The van der Waals surface area contributed by atoms with Crippen LogP contribution in [0.5, 0.6) is 0 Å². The highest BCUT2D eigenvalue weighted by Gasteiger charge is 2.47. The lowest BCUT2D eigenvalue weighted by molar-refractivity contribution is -0.186. The third-order valence-electron chi connectivity index (χ3n) is 8.89. The minimum absolute atomic E-state index is 0.154. The Morgan fingerprint density at radius 1 is 0.822 bits per heavy atom. The van der Waals surface area contributed by atoms with Crippen molar-refractivity contribution >= 4 is 20.3 Å². The van der Waals surface area contributed by atoms with E-state index in [-0.39, 0.29) is 19.3 Å². The van der Waals surface area contributed by atoms with E-state index in [4.69, 9.17) is 23.4 Å². The molecule has 9 heteroatoms. The normalized spacial score (nSPS) is 21.0. The summed E-state index contributed by atoms with van der Waals surface area (Å²) in [5.74, 6) is -1.67. The van der Waals surface area contributed by atoms with E-state index in [0.717, 1.165) is 11.1 Å². The van der Waals surface area contributed by atoms with Crippen molar-refractivity contribution < 1.29 is 38.1 Å². The summed E-state index contributed by atoms with van der Waals surface area (Å²) in [5.41, 5.74) is 3.40.